The molecule has 5 aromatic rings. The number of para-hydroxylation sites is 1. The summed E-state index contributed by atoms with van der Waals surface area (Å²) in [6.07, 6.45) is 5.86. The van der Waals surface area contributed by atoms with Crippen LogP contribution < -0.4 is 0 Å². The monoisotopic (exact) mass is 494 g/mol. The number of carbonyl (C=O) groups is 1. The van der Waals surface area contributed by atoms with Crippen molar-refractivity contribution >= 4 is 38.5 Å². The number of pyridine rings is 2. The normalized spacial score (nSPS) is 16.8. The van der Waals surface area contributed by atoms with E-state index < -0.39 is 0 Å². The number of rotatable bonds is 4. The Labute approximate surface area is 212 Å². The number of hydrogen-bond acceptors (Lipinski definition) is 6. The quantitative estimate of drug-likeness (QED) is 0.324. The summed E-state index contributed by atoms with van der Waals surface area (Å²) in [4.78, 5) is 30.3. The Morgan fingerprint density at radius 2 is 1.78 bits per heavy atom. The fraction of sp³-hybridized carbons (Fsp3) is 0.321. The van der Waals surface area contributed by atoms with Crippen molar-refractivity contribution in [2.24, 2.45) is 0 Å². The van der Waals surface area contributed by atoms with E-state index in [9.17, 15) is 4.79 Å². The van der Waals surface area contributed by atoms with Gasteiger partial charge in [-0.1, -0.05) is 18.2 Å². The molecule has 2 aliphatic rings. The molecule has 2 fully saturated rings. The highest BCUT2D eigenvalue weighted by molar-refractivity contribution is 7.18. The number of piperidine rings is 1. The van der Waals surface area contributed by atoms with Gasteiger partial charge in [0.1, 0.15) is 0 Å². The molecule has 180 valence electrons. The van der Waals surface area contributed by atoms with Crippen molar-refractivity contribution in [2.75, 3.05) is 13.1 Å². The first kappa shape index (κ1) is 21.6. The summed E-state index contributed by atoms with van der Waals surface area (Å²) in [5, 5.41) is 6.78. The summed E-state index contributed by atoms with van der Waals surface area (Å²) < 4.78 is 3.02. The van der Waals surface area contributed by atoms with Crippen LogP contribution in [0.4, 0.5) is 0 Å². The van der Waals surface area contributed by atoms with Gasteiger partial charge in [-0.05, 0) is 62.9 Å². The number of aromatic nitrogens is 5. The van der Waals surface area contributed by atoms with Crippen LogP contribution >= 0.6 is 11.3 Å². The Morgan fingerprint density at radius 3 is 2.53 bits per heavy atom. The van der Waals surface area contributed by atoms with Gasteiger partial charge in [0.25, 0.3) is 5.91 Å². The summed E-state index contributed by atoms with van der Waals surface area (Å²) in [5.41, 5.74) is 4.32. The first-order chi connectivity index (χ1) is 17.7. The summed E-state index contributed by atoms with van der Waals surface area (Å²) >= 11 is 1.79. The highest BCUT2D eigenvalue weighted by Crippen LogP contribution is 2.41. The van der Waals surface area contributed by atoms with E-state index in [1.165, 1.54) is 9.71 Å². The number of likely N-dealkylation sites (tertiary alicyclic amines) is 1. The third-order valence-corrected chi connectivity index (χ3v) is 8.57. The SMILES string of the molecule is Cc1nn(-c2ccccn2)c2nc(C3CC3)cc(C(=O)N3CCC(c4nc5ccccc5s4)CC3)c12. The van der Waals surface area contributed by atoms with E-state index in [2.05, 4.69) is 23.2 Å². The van der Waals surface area contributed by atoms with Gasteiger partial charge < -0.3 is 4.90 Å². The number of thiazole rings is 1. The van der Waals surface area contributed by atoms with Crippen LogP contribution in [0.25, 0.3) is 27.1 Å². The van der Waals surface area contributed by atoms with E-state index in [1.807, 2.05) is 42.2 Å². The van der Waals surface area contributed by atoms with Gasteiger partial charge in [0, 0.05) is 36.8 Å². The molecule has 8 heteroatoms. The van der Waals surface area contributed by atoms with E-state index >= 15 is 0 Å². The summed E-state index contributed by atoms with van der Waals surface area (Å²) in [6, 6.07) is 16.1. The highest BCUT2D eigenvalue weighted by atomic mass is 32.1. The lowest BCUT2D eigenvalue weighted by Gasteiger charge is -2.31. The van der Waals surface area contributed by atoms with Crippen LogP contribution in [0.3, 0.4) is 0 Å². The second kappa shape index (κ2) is 8.48. The molecule has 36 heavy (non-hydrogen) atoms. The maximum Gasteiger partial charge on any atom is 0.254 e. The topological polar surface area (TPSA) is 76.8 Å². The van der Waals surface area contributed by atoms with Crippen molar-refractivity contribution < 1.29 is 4.79 Å². The zero-order valence-corrected chi connectivity index (χ0v) is 20.9. The molecule has 0 bridgehead atoms. The molecule has 1 saturated heterocycles. The van der Waals surface area contributed by atoms with Crippen molar-refractivity contribution in [1.82, 2.24) is 29.6 Å². The third-order valence-electron chi connectivity index (χ3n) is 7.37. The van der Waals surface area contributed by atoms with E-state index in [0.717, 1.165) is 72.3 Å². The van der Waals surface area contributed by atoms with Gasteiger partial charge in [0.05, 0.1) is 31.9 Å². The number of fused-ring (bicyclic) bond motifs is 2. The van der Waals surface area contributed by atoms with Crippen LogP contribution in [-0.4, -0.2) is 48.6 Å². The molecular formula is C28H26N6OS. The lowest BCUT2D eigenvalue weighted by molar-refractivity contribution is 0.0714. The van der Waals surface area contributed by atoms with E-state index in [0.29, 0.717) is 17.7 Å². The number of hydrogen-bond donors (Lipinski definition) is 0. The minimum Gasteiger partial charge on any atom is -0.339 e. The van der Waals surface area contributed by atoms with Gasteiger partial charge in [-0.15, -0.1) is 11.3 Å². The molecule has 0 atom stereocenters. The lowest BCUT2D eigenvalue weighted by Crippen LogP contribution is -2.38. The standard InChI is InChI=1S/C28H26N6OS/c1-17-25-20(16-22(18-9-10-18)30-26(25)34(32-17)24-8-4-5-13-29-24)28(35)33-14-11-19(12-15-33)27-31-21-6-2-3-7-23(21)36-27/h2-8,13,16,18-19H,9-12,14-15H2,1H3. The molecule has 7 rings (SSSR count). The Kier molecular flexibility index (Phi) is 5.09. The minimum absolute atomic E-state index is 0.0794. The molecule has 0 N–H and O–H groups in total. The van der Waals surface area contributed by atoms with E-state index in [1.54, 1.807) is 22.2 Å². The van der Waals surface area contributed by atoms with Crippen molar-refractivity contribution in [3.8, 4) is 5.82 Å². The van der Waals surface area contributed by atoms with Crippen molar-refractivity contribution in [2.45, 2.75) is 44.4 Å². The number of amides is 1. The predicted octanol–water partition coefficient (Wildman–Crippen LogP) is 5.63. The molecule has 1 amide bonds. The molecule has 1 aliphatic carbocycles. The zero-order valence-electron chi connectivity index (χ0n) is 20.1. The maximum atomic E-state index is 13.9. The zero-order chi connectivity index (χ0) is 24.2. The second-order valence-corrected chi connectivity index (χ2v) is 10.9. The van der Waals surface area contributed by atoms with Gasteiger partial charge >= 0.3 is 0 Å². The second-order valence-electron chi connectivity index (χ2n) is 9.84. The van der Waals surface area contributed by atoms with Crippen LogP contribution in [0.1, 0.15) is 64.3 Å². The molecule has 0 unspecified atom stereocenters. The van der Waals surface area contributed by atoms with Crippen molar-refractivity contribution in [3.05, 3.63) is 76.7 Å². The molecule has 1 saturated carbocycles. The van der Waals surface area contributed by atoms with Gasteiger partial charge in [0.2, 0.25) is 0 Å². The Bertz CT molecular complexity index is 1560. The molecule has 1 aliphatic heterocycles. The summed E-state index contributed by atoms with van der Waals surface area (Å²) in [6.45, 7) is 3.42. The highest BCUT2D eigenvalue weighted by Gasteiger charge is 2.32. The molecule has 0 spiro atoms. The van der Waals surface area contributed by atoms with Crippen LogP contribution in [0, 0.1) is 6.92 Å². The Balaban J connectivity index is 1.21. The average Bonchev–Trinajstić information content (AvgIpc) is 3.60. The summed E-state index contributed by atoms with van der Waals surface area (Å²) in [5.74, 6) is 1.62. The average molecular weight is 495 g/mol. The fourth-order valence-corrected chi connectivity index (χ4v) is 6.41. The minimum atomic E-state index is 0.0794. The maximum absolute atomic E-state index is 13.9. The smallest absolute Gasteiger partial charge is 0.254 e. The molecule has 7 nitrogen and oxygen atoms in total. The number of benzene rings is 1. The molecule has 0 radical (unpaired) electrons. The van der Waals surface area contributed by atoms with Crippen LogP contribution in [0.15, 0.2) is 54.7 Å². The Hall–Kier alpha value is -3.65. The van der Waals surface area contributed by atoms with Gasteiger partial charge in [-0.25, -0.2) is 15.0 Å². The third kappa shape index (κ3) is 3.67. The predicted molar refractivity (Wildman–Crippen MR) is 141 cm³/mol. The van der Waals surface area contributed by atoms with E-state index in [-0.39, 0.29) is 5.91 Å². The number of nitrogens with zero attached hydrogens (tertiary/aromatic N) is 6. The van der Waals surface area contributed by atoms with E-state index in [4.69, 9.17) is 15.1 Å². The molecule has 4 aromatic heterocycles. The number of aryl methyl sites for hydroxylation is 1. The molecule has 1 aromatic carbocycles. The Morgan fingerprint density at radius 1 is 0.972 bits per heavy atom. The largest absolute Gasteiger partial charge is 0.339 e. The van der Waals surface area contributed by atoms with Gasteiger partial charge in [0.15, 0.2) is 11.5 Å². The molecular weight excluding hydrogens is 468 g/mol. The lowest BCUT2D eigenvalue weighted by atomic mass is 9.96. The van der Waals surface area contributed by atoms with Gasteiger partial charge in [-0.3, -0.25) is 4.79 Å². The van der Waals surface area contributed by atoms with Crippen molar-refractivity contribution in [1.29, 1.82) is 0 Å². The van der Waals surface area contributed by atoms with Crippen LogP contribution in [-0.2, 0) is 0 Å². The number of carbonyl (C=O) groups excluding carboxylic acids is 1. The fourth-order valence-electron chi connectivity index (χ4n) is 5.27. The molecule has 5 heterocycles. The van der Waals surface area contributed by atoms with Crippen LogP contribution in [0.5, 0.6) is 0 Å². The van der Waals surface area contributed by atoms with Crippen molar-refractivity contribution in [3.63, 3.8) is 0 Å². The van der Waals surface area contributed by atoms with Gasteiger partial charge in [-0.2, -0.15) is 9.78 Å². The first-order valence-electron chi connectivity index (χ1n) is 12.6. The summed E-state index contributed by atoms with van der Waals surface area (Å²) in [7, 11) is 0. The van der Waals surface area contributed by atoms with Crippen LogP contribution in [0.2, 0.25) is 0 Å². The first-order valence-corrected chi connectivity index (χ1v) is 13.4.